The molecule has 2 unspecified atom stereocenters. The van der Waals surface area contributed by atoms with Crippen LogP contribution in [0.1, 0.15) is 80.5 Å². The molecule has 0 radical (unpaired) electrons. The lowest BCUT2D eigenvalue weighted by Crippen LogP contribution is -2.37. The summed E-state index contributed by atoms with van der Waals surface area (Å²) in [6.07, 6.45) is 14.3. The largest absolute Gasteiger partial charge is 0.493 e. The molecule has 0 spiro atoms. The van der Waals surface area contributed by atoms with E-state index >= 15 is 0 Å². The average Bonchev–Trinajstić information content (AvgIpc) is 3.76. The van der Waals surface area contributed by atoms with Crippen molar-refractivity contribution >= 4 is 35.1 Å². The van der Waals surface area contributed by atoms with Gasteiger partial charge in [-0.25, -0.2) is 0 Å². The second-order valence-electron chi connectivity index (χ2n) is 13.1. The van der Waals surface area contributed by atoms with Crippen molar-refractivity contribution in [1.82, 2.24) is 9.80 Å². The van der Waals surface area contributed by atoms with Crippen molar-refractivity contribution in [2.24, 2.45) is 0 Å². The number of anilines is 2. The number of carbonyl (C=O) groups is 4. The van der Waals surface area contributed by atoms with Gasteiger partial charge < -0.3 is 49.7 Å². The van der Waals surface area contributed by atoms with Gasteiger partial charge in [-0.1, -0.05) is 24.3 Å². The molecule has 0 saturated carbocycles. The van der Waals surface area contributed by atoms with Crippen LogP contribution in [0.15, 0.2) is 72.1 Å². The van der Waals surface area contributed by atoms with E-state index in [1.54, 1.807) is 46.5 Å². The van der Waals surface area contributed by atoms with E-state index in [1.165, 1.54) is 28.1 Å². The molecule has 2 amide bonds. The first-order valence-electron chi connectivity index (χ1n) is 18.2. The number of unbranched alkanes of at least 4 members (excludes halogenated alkanes) is 2. The van der Waals surface area contributed by atoms with Gasteiger partial charge in [0.1, 0.15) is 13.2 Å². The van der Waals surface area contributed by atoms with E-state index in [4.69, 9.17) is 39.9 Å². The van der Waals surface area contributed by atoms with Crippen molar-refractivity contribution in [2.45, 2.75) is 71.9 Å². The van der Waals surface area contributed by atoms with Crippen molar-refractivity contribution < 1.29 is 47.6 Å². The number of nitrogen functional groups attached to an aromatic ring is 2. The number of nitrogens with zero attached hydrogens (tertiary/aromatic N) is 2. The Labute approximate surface area is 322 Å². The Morgan fingerprint density at radius 2 is 1.05 bits per heavy atom. The molecule has 14 nitrogen and oxygen atoms in total. The molecule has 4 N–H and O–H groups in total. The highest BCUT2D eigenvalue weighted by atomic mass is 16.5. The van der Waals surface area contributed by atoms with Gasteiger partial charge in [-0.3, -0.25) is 19.2 Å². The smallest absolute Gasteiger partial charge is 0.302 e. The summed E-state index contributed by atoms with van der Waals surface area (Å²) in [5.74, 6) is 0.0146. The second kappa shape index (κ2) is 20.0. The number of methoxy groups -OCH3 is 2. The van der Waals surface area contributed by atoms with E-state index in [2.05, 4.69) is 0 Å². The van der Waals surface area contributed by atoms with E-state index in [1.807, 2.05) is 38.2 Å². The van der Waals surface area contributed by atoms with Crippen molar-refractivity contribution in [2.75, 3.05) is 52.1 Å². The third-order valence-electron chi connectivity index (χ3n) is 8.96. The number of nitrogens with two attached hydrogens (primary N) is 2. The normalized spacial score (nSPS) is 16.6. The SMILES string of the molecule is C/C=C/C1=CN(C(=O)c2cc(OC)c(OCCCCCOc3cc(N)c(C(=O)N4C=C(/C=C/C)CC4COC(C)=O)cc3OC)cc2N)C(COC(C)=O)C1. The number of benzene rings is 2. The minimum Gasteiger partial charge on any atom is -0.493 e. The van der Waals surface area contributed by atoms with Crippen LogP contribution in [0.4, 0.5) is 11.4 Å². The van der Waals surface area contributed by atoms with Crippen LogP contribution in [0, 0.1) is 0 Å². The third kappa shape index (κ3) is 11.1. The van der Waals surface area contributed by atoms with Gasteiger partial charge >= 0.3 is 11.9 Å². The third-order valence-corrected chi connectivity index (χ3v) is 8.96. The molecule has 0 aromatic heterocycles. The summed E-state index contributed by atoms with van der Waals surface area (Å²) in [6.45, 7) is 7.30. The minimum atomic E-state index is -0.420. The maximum absolute atomic E-state index is 13.6. The molecule has 0 aliphatic carbocycles. The van der Waals surface area contributed by atoms with Gasteiger partial charge in [-0.15, -0.1) is 0 Å². The predicted octanol–water partition coefficient (Wildman–Crippen LogP) is 5.97. The summed E-state index contributed by atoms with van der Waals surface area (Å²) in [5, 5.41) is 0. The summed E-state index contributed by atoms with van der Waals surface area (Å²) in [6, 6.07) is 5.56. The lowest BCUT2D eigenvalue weighted by molar-refractivity contribution is -0.143. The molecule has 0 fully saturated rings. The molecule has 55 heavy (non-hydrogen) atoms. The fraction of sp³-hybridized carbons (Fsp3) is 0.415. The van der Waals surface area contributed by atoms with Crippen molar-refractivity contribution in [1.29, 1.82) is 0 Å². The first kappa shape index (κ1) is 41.8. The summed E-state index contributed by atoms with van der Waals surface area (Å²) in [7, 11) is 2.98. The summed E-state index contributed by atoms with van der Waals surface area (Å²) in [5.41, 5.74) is 15.5. The standard InChI is InChI=1S/C41H52N4O10/c1-7-12-28-16-30(24-54-26(3)46)44(22-28)40(48)32-18-36(50-5)38(20-34(32)42)52-14-10-9-11-15-53-39-21-35(43)33(19-37(39)51-6)41(49)45-23-29(13-8-2)17-31(45)25-55-27(4)47/h7-8,12-13,18-23,30-31H,9-11,14-17,24-25,42-43H2,1-6H3/b12-7+,13-8+. The molecule has 0 bridgehead atoms. The minimum absolute atomic E-state index is 0.0630. The Kier molecular flexibility index (Phi) is 15.2. The van der Waals surface area contributed by atoms with Gasteiger partial charge in [0.25, 0.3) is 11.8 Å². The van der Waals surface area contributed by atoms with Gasteiger partial charge in [-0.2, -0.15) is 0 Å². The van der Waals surface area contributed by atoms with Crippen LogP contribution in [0.5, 0.6) is 23.0 Å². The van der Waals surface area contributed by atoms with Gasteiger partial charge in [0.15, 0.2) is 23.0 Å². The van der Waals surface area contributed by atoms with E-state index in [0.29, 0.717) is 61.9 Å². The van der Waals surface area contributed by atoms with Crippen LogP contribution in [-0.2, 0) is 19.1 Å². The Hall–Kier alpha value is -5.92. The van der Waals surface area contributed by atoms with Crippen LogP contribution >= 0.6 is 0 Å². The zero-order chi connectivity index (χ0) is 40.1. The Bertz CT molecular complexity index is 1720. The van der Waals surface area contributed by atoms with Crippen molar-refractivity contribution in [3.8, 4) is 23.0 Å². The van der Waals surface area contributed by atoms with Gasteiger partial charge in [0.2, 0.25) is 0 Å². The van der Waals surface area contributed by atoms with E-state index in [0.717, 1.165) is 17.6 Å². The Morgan fingerprint density at radius 3 is 1.40 bits per heavy atom. The number of esters is 2. The van der Waals surface area contributed by atoms with Gasteiger partial charge in [-0.05, 0) is 69.2 Å². The Balaban J connectivity index is 1.31. The van der Waals surface area contributed by atoms with Crippen molar-refractivity contribution in [3.05, 3.63) is 83.2 Å². The van der Waals surface area contributed by atoms with Crippen LogP contribution in [0.3, 0.4) is 0 Å². The molecule has 2 aliphatic heterocycles. The number of allylic oxidation sites excluding steroid dienone is 4. The zero-order valence-electron chi connectivity index (χ0n) is 32.4. The Morgan fingerprint density at radius 1 is 0.655 bits per heavy atom. The van der Waals surface area contributed by atoms with Crippen LogP contribution in [0.2, 0.25) is 0 Å². The number of ether oxygens (including phenoxy) is 6. The number of carbonyl (C=O) groups excluding carboxylic acids is 4. The highest BCUT2D eigenvalue weighted by molar-refractivity contribution is 6.02. The highest BCUT2D eigenvalue weighted by Crippen LogP contribution is 2.36. The average molecular weight is 761 g/mol. The van der Waals surface area contributed by atoms with E-state index in [9.17, 15) is 19.2 Å². The molecule has 2 aliphatic rings. The summed E-state index contributed by atoms with van der Waals surface area (Å²) < 4.78 is 33.5. The molecular weight excluding hydrogens is 708 g/mol. The molecule has 296 valence electrons. The molecule has 4 rings (SSSR count). The molecule has 14 heteroatoms. The summed E-state index contributed by atoms with van der Waals surface area (Å²) in [4.78, 5) is 53.3. The van der Waals surface area contributed by atoms with E-state index in [-0.39, 0.29) is 59.6 Å². The molecule has 2 aromatic rings. The second-order valence-corrected chi connectivity index (χ2v) is 13.1. The molecular formula is C41H52N4O10. The number of hydrogen-bond acceptors (Lipinski definition) is 12. The predicted molar refractivity (Wildman–Crippen MR) is 208 cm³/mol. The topological polar surface area (TPSA) is 182 Å². The molecule has 2 aromatic carbocycles. The van der Waals surface area contributed by atoms with E-state index < -0.39 is 11.9 Å². The van der Waals surface area contributed by atoms with Gasteiger partial charge in [0, 0.05) is 49.8 Å². The fourth-order valence-electron chi connectivity index (χ4n) is 6.31. The fourth-order valence-corrected chi connectivity index (χ4v) is 6.31. The van der Waals surface area contributed by atoms with Gasteiger partial charge in [0.05, 0.1) is 50.6 Å². The lowest BCUT2D eigenvalue weighted by atomic mass is 10.1. The van der Waals surface area contributed by atoms with Crippen molar-refractivity contribution in [3.63, 3.8) is 0 Å². The summed E-state index contributed by atoms with van der Waals surface area (Å²) >= 11 is 0. The first-order valence-corrected chi connectivity index (χ1v) is 18.2. The zero-order valence-corrected chi connectivity index (χ0v) is 32.4. The number of amides is 2. The first-order chi connectivity index (χ1) is 26.4. The maximum atomic E-state index is 13.6. The molecule has 2 atom stereocenters. The number of hydrogen-bond donors (Lipinski definition) is 2. The van der Waals surface area contributed by atoms with Crippen LogP contribution in [-0.4, -0.2) is 86.3 Å². The lowest BCUT2D eigenvalue weighted by Gasteiger charge is -2.24. The molecule has 2 heterocycles. The quantitative estimate of drug-likeness (QED) is 0.103. The van der Waals surface area contributed by atoms with Crippen LogP contribution in [0.25, 0.3) is 0 Å². The molecule has 0 saturated heterocycles. The number of rotatable bonds is 18. The van der Waals surface area contributed by atoms with Crippen LogP contribution < -0.4 is 30.4 Å². The maximum Gasteiger partial charge on any atom is 0.302 e. The highest BCUT2D eigenvalue weighted by Gasteiger charge is 2.33. The monoisotopic (exact) mass is 760 g/mol.